The van der Waals surface area contributed by atoms with Crippen LogP contribution in [0.3, 0.4) is 0 Å². The number of urea groups is 2. The van der Waals surface area contributed by atoms with E-state index in [4.69, 9.17) is 11.6 Å². The number of aromatic nitrogens is 4. The van der Waals surface area contributed by atoms with E-state index in [2.05, 4.69) is 30.6 Å². The van der Waals surface area contributed by atoms with Gasteiger partial charge in [-0.15, -0.1) is 0 Å². The Morgan fingerprint density at radius 2 is 1.72 bits per heavy atom. The molecule has 0 saturated heterocycles. The van der Waals surface area contributed by atoms with Crippen LogP contribution in [-0.2, 0) is 6.18 Å². The topological polar surface area (TPSA) is 117 Å². The monoisotopic (exact) mass is 514 g/mol. The SMILES string of the molecule is O=C(Nc1ccc(-n2cnc3c(N4CC=NC4=O)ncnc32)cc1)Nc1ccc(Cl)c(C(F)(F)F)c1. The van der Waals surface area contributed by atoms with Crippen molar-refractivity contribution in [2.75, 3.05) is 22.1 Å². The van der Waals surface area contributed by atoms with Gasteiger partial charge in [0, 0.05) is 23.3 Å². The molecule has 4 amide bonds. The number of nitrogens with zero attached hydrogens (tertiary/aromatic N) is 6. The summed E-state index contributed by atoms with van der Waals surface area (Å²) in [4.78, 5) is 42.1. The van der Waals surface area contributed by atoms with Crippen molar-refractivity contribution in [3.8, 4) is 5.69 Å². The van der Waals surface area contributed by atoms with Crippen LogP contribution in [0, 0.1) is 0 Å². The molecular formula is C22H14ClF3N8O2. The first-order valence-electron chi connectivity index (χ1n) is 10.3. The van der Waals surface area contributed by atoms with E-state index in [1.54, 1.807) is 28.8 Å². The molecule has 0 fully saturated rings. The number of hydrogen-bond donors (Lipinski definition) is 2. The van der Waals surface area contributed by atoms with Crippen molar-refractivity contribution >= 4 is 58.2 Å². The van der Waals surface area contributed by atoms with Gasteiger partial charge in [0.2, 0.25) is 0 Å². The van der Waals surface area contributed by atoms with Gasteiger partial charge >= 0.3 is 18.2 Å². The predicted octanol–water partition coefficient (Wildman–Crippen LogP) is 5.14. The van der Waals surface area contributed by atoms with E-state index in [1.807, 2.05) is 0 Å². The number of carbonyl (C=O) groups excluding carboxylic acids is 2. The van der Waals surface area contributed by atoms with Gasteiger partial charge in [-0.2, -0.15) is 13.2 Å². The van der Waals surface area contributed by atoms with Gasteiger partial charge in [0.1, 0.15) is 12.7 Å². The Morgan fingerprint density at radius 1 is 1.00 bits per heavy atom. The summed E-state index contributed by atoms with van der Waals surface area (Å²) in [5.74, 6) is 0.340. The quantitative estimate of drug-likeness (QED) is 0.391. The van der Waals surface area contributed by atoms with Crippen molar-refractivity contribution in [3.63, 3.8) is 0 Å². The molecule has 36 heavy (non-hydrogen) atoms. The van der Waals surface area contributed by atoms with E-state index in [9.17, 15) is 22.8 Å². The summed E-state index contributed by atoms with van der Waals surface area (Å²) in [5.41, 5.74) is 0.807. The van der Waals surface area contributed by atoms with Crippen LogP contribution in [0.1, 0.15) is 5.56 Å². The molecule has 2 N–H and O–H groups in total. The predicted molar refractivity (Wildman–Crippen MR) is 127 cm³/mol. The van der Waals surface area contributed by atoms with Crippen LogP contribution in [0.2, 0.25) is 5.02 Å². The second-order valence-electron chi connectivity index (χ2n) is 7.51. The smallest absolute Gasteiger partial charge is 0.308 e. The Labute approximate surface area is 205 Å². The molecule has 1 aliphatic heterocycles. The minimum Gasteiger partial charge on any atom is -0.308 e. The van der Waals surface area contributed by atoms with E-state index in [1.165, 1.54) is 29.8 Å². The highest BCUT2D eigenvalue weighted by molar-refractivity contribution is 6.31. The Bertz CT molecular complexity index is 1520. The number of aliphatic imine (C=N–C) groups is 1. The Morgan fingerprint density at radius 3 is 2.42 bits per heavy atom. The van der Waals surface area contributed by atoms with Crippen molar-refractivity contribution in [2.24, 2.45) is 4.99 Å². The Kier molecular flexibility index (Phi) is 5.76. The van der Waals surface area contributed by atoms with Crippen molar-refractivity contribution in [3.05, 3.63) is 65.7 Å². The fourth-order valence-corrected chi connectivity index (χ4v) is 3.78. The number of imidazole rings is 1. The number of amides is 4. The van der Waals surface area contributed by atoms with Gasteiger partial charge in [-0.3, -0.25) is 9.47 Å². The number of benzene rings is 2. The van der Waals surface area contributed by atoms with Crippen molar-refractivity contribution in [2.45, 2.75) is 6.18 Å². The molecular weight excluding hydrogens is 501 g/mol. The number of carbonyl (C=O) groups is 2. The normalized spacial score (nSPS) is 13.4. The van der Waals surface area contributed by atoms with Crippen LogP contribution in [0.4, 0.5) is 40.0 Å². The van der Waals surface area contributed by atoms with Crippen molar-refractivity contribution in [1.82, 2.24) is 19.5 Å². The van der Waals surface area contributed by atoms with E-state index >= 15 is 0 Å². The average Bonchev–Trinajstić information content (AvgIpc) is 3.46. The molecule has 0 aliphatic carbocycles. The van der Waals surface area contributed by atoms with Crippen molar-refractivity contribution < 1.29 is 22.8 Å². The van der Waals surface area contributed by atoms with Crippen LogP contribution in [-0.4, -0.2) is 44.3 Å². The average molecular weight is 515 g/mol. The number of halogens is 4. The van der Waals surface area contributed by atoms with Gasteiger partial charge < -0.3 is 10.6 Å². The molecule has 14 heteroatoms. The third kappa shape index (κ3) is 4.43. The number of hydrogen-bond acceptors (Lipinski definition) is 5. The number of nitrogens with one attached hydrogen (secondary N) is 2. The van der Waals surface area contributed by atoms with Crippen LogP contribution in [0.5, 0.6) is 0 Å². The van der Waals surface area contributed by atoms with Gasteiger partial charge in [0.15, 0.2) is 17.0 Å². The lowest BCUT2D eigenvalue weighted by Gasteiger charge is -2.13. The Balaban J connectivity index is 1.32. The molecule has 0 radical (unpaired) electrons. The molecule has 0 bridgehead atoms. The van der Waals surface area contributed by atoms with E-state index in [-0.39, 0.29) is 12.2 Å². The summed E-state index contributed by atoms with van der Waals surface area (Å²) in [6, 6.07) is 8.49. The molecule has 0 unspecified atom stereocenters. The van der Waals surface area contributed by atoms with Gasteiger partial charge in [0.05, 0.1) is 17.1 Å². The zero-order valence-corrected chi connectivity index (χ0v) is 18.7. The van der Waals surface area contributed by atoms with E-state index in [0.717, 1.165) is 12.1 Å². The number of alkyl halides is 3. The van der Waals surface area contributed by atoms with Gasteiger partial charge in [-0.05, 0) is 42.5 Å². The molecule has 10 nitrogen and oxygen atoms in total. The third-order valence-corrected chi connectivity index (χ3v) is 5.53. The summed E-state index contributed by atoms with van der Waals surface area (Å²) >= 11 is 5.60. The van der Waals surface area contributed by atoms with Gasteiger partial charge in [0.25, 0.3) is 0 Å². The molecule has 4 aromatic rings. The van der Waals surface area contributed by atoms with E-state index < -0.39 is 28.8 Å². The fourth-order valence-electron chi connectivity index (χ4n) is 3.55. The first-order chi connectivity index (χ1) is 17.2. The molecule has 0 spiro atoms. The standard InChI is InChI=1S/C22H14ClF3N8O2/c23-16-6-3-13(9-15(16)22(24,25)26)32-20(35)31-12-1-4-14(5-2-12)34-11-30-17-18(28-10-29-19(17)34)33-8-7-27-21(33)36/h1-7,9-11H,8H2,(H2,31,32,35). The number of fused-ring (bicyclic) bond motifs is 1. The van der Waals surface area contributed by atoms with Crippen molar-refractivity contribution in [1.29, 1.82) is 0 Å². The molecule has 0 saturated carbocycles. The second-order valence-corrected chi connectivity index (χ2v) is 7.91. The summed E-state index contributed by atoms with van der Waals surface area (Å²) < 4.78 is 40.8. The zero-order valence-electron chi connectivity index (χ0n) is 18.0. The fraction of sp³-hybridized carbons (Fsp3) is 0.0909. The maximum absolute atomic E-state index is 13.0. The summed E-state index contributed by atoms with van der Waals surface area (Å²) in [6.07, 6.45) is -0.319. The molecule has 1 aliphatic rings. The zero-order chi connectivity index (χ0) is 25.4. The summed E-state index contributed by atoms with van der Waals surface area (Å²) in [6.45, 7) is 0.285. The minimum atomic E-state index is -4.65. The van der Waals surface area contributed by atoms with Crippen LogP contribution >= 0.6 is 11.6 Å². The Hall–Kier alpha value is -4.52. The number of rotatable bonds is 4. The lowest BCUT2D eigenvalue weighted by molar-refractivity contribution is -0.137. The lowest BCUT2D eigenvalue weighted by Crippen LogP contribution is -2.25. The summed E-state index contributed by atoms with van der Waals surface area (Å²) in [5, 5.41) is 4.44. The lowest BCUT2D eigenvalue weighted by atomic mass is 10.2. The van der Waals surface area contributed by atoms with Crippen LogP contribution in [0.15, 0.2) is 60.1 Å². The molecule has 2 aromatic carbocycles. The van der Waals surface area contributed by atoms with Gasteiger partial charge in [-0.1, -0.05) is 11.6 Å². The first kappa shape index (κ1) is 23.2. The highest BCUT2D eigenvalue weighted by atomic mass is 35.5. The molecule has 5 rings (SSSR count). The minimum absolute atomic E-state index is 0.0666. The molecule has 3 heterocycles. The second kappa shape index (κ2) is 8.92. The highest BCUT2D eigenvalue weighted by Crippen LogP contribution is 2.36. The highest BCUT2D eigenvalue weighted by Gasteiger charge is 2.33. The van der Waals surface area contributed by atoms with Crippen LogP contribution in [0.25, 0.3) is 16.9 Å². The third-order valence-electron chi connectivity index (χ3n) is 5.20. The maximum Gasteiger partial charge on any atom is 0.417 e. The largest absolute Gasteiger partial charge is 0.417 e. The first-order valence-corrected chi connectivity index (χ1v) is 10.7. The maximum atomic E-state index is 13.0. The number of anilines is 3. The molecule has 0 atom stereocenters. The van der Waals surface area contributed by atoms with Crippen LogP contribution < -0.4 is 15.5 Å². The molecule has 182 valence electrons. The van der Waals surface area contributed by atoms with Gasteiger partial charge in [-0.25, -0.2) is 29.5 Å². The summed E-state index contributed by atoms with van der Waals surface area (Å²) in [7, 11) is 0. The van der Waals surface area contributed by atoms with E-state index in [0.29, 0.717) is 28.4 Å². The molecule has 2 aromatic heterocycles.